The van der Waals surface area contributed by atoms with Gasteiger partial charge in [0.15, 0.2) is 17.4 Å². The molecule has 0 amide bonds. The Morgan fingerprint density at radius 1 is 1.11 bits per heavy atom. The third-order valence-electron chi connectivity index (χ3n) is 11.4. The van der Waals surface area contributed by atoms with Gasteiger partial charge in [-0.25, -0.2) is 13.2 Å². The summed E-state index contributed by atoms with van der Waals surface area (Å²) < 4.78 is 61.3. The van der Waals surface area contributed by atoms with E-state index in [1.54, 1.807) is 6.07 Å². The Balaban J connectivity index is 1.27. The molecule has 246 valence electrons. The summed E-state index contributed by atoms with van der Waals surface area (Å²) in [5.41, 5.74) is 0.285. The molecule has 6 heterocycles. The van der Waals surface area contributed by atoms with Crippen LogP contribution in [0.15, 0.2) is 30.3 Å². The van der Waals surface area contributed by atoms with Gasteiger partial charge in [0.1, 0.15) is 29.9 Å². The van der Waals surface area contributed by atoms with Gasteiger partial charge in [-0.1, -0.05) is 25.1 Å². The quantitative estimate of drug-likeness (QED) is 0.272. The lowest BCUT2D eigenvalue weighted by Crippen LogP contribution is -2.59. The van der Waals surface area contributed by atoms with E-state index in [0.717, 1.165) is 37.8 Å². The van der Waals surface area contributed by atoms with E-state index in [1.165, 1.54) is 6.07 Å². The van der Waals surface area contributed by atoms with E-state index in [0.29, 0.717) is 48.9 Å². The van der Waals surface area contributed by atoms with E-state index in [1.807, 2.05) is 25.1 Å². The van der Waals surface area contributed by atoms with Gasteiger partial charge in [-0.3, -0.25) is 4.90 Å². The molecule has 9 rings (SSSR count). The number of nitrogens with zero attached hydrogens (tertiary/aromatic N) is 4. The summed E-state index contributed by atoms with van der Waals surface area (Å²) in [7, 11) is 0. The number of aryl methyl sites for hydroxylation is 1. The monoisotopic (exact) mass is 645 g/mol. The molecule has 5 aliphatic rings. The molecule has 4 fully saturated rings. The fourth-order valence-corrected chi connectivity index (χ4v) is 9.28. The number of halogens is 3. The van der Waals surface area contributed by atoms with Gasteiger partial charge in [0.2, 0.25) is 0 Å². The topological polar surface area (TPSA) is 83.0 Å². The molecule has 5 aliphatic heterocycles. The van der Waals surface area contributed by atoms with Gasteiger partial charge in [0.05, 0.1) is 23.1 Å². The molecule has 8 nitrogen and oxygen atoms in total. The molecule has 2 unspecified atom stereocenters. The van der Waals surface area contributed by atoms with E-state index in [-0.39, 0.29) is 70.9 Å². The molecule has 4 saturated heterocycles. The van der Waals surface area contributed by atoms with Crippen LogP contribution in [0.1, 0.15) is 51.0 Å². The Bertz CT molecular complexity index is 1930. The van der Waals surface area contributed by atoms with E-state index >= 15 is 8.78 Å². The molecule has 11 heteroatoms. The molecule has 1 aromatic heterocycles. The van der Waals surface area contributed by atoms with Crippen molar-refractivity contribution in [1.82, 2.24) is 20.2 Å². The molecule has 0 spiro atoms. The highest BCUT2D eigenvalue weighted by Gasteiger charge is 2.50. The second kappa shape index (κ2) is 10.8. The van der Waals surface area contributed by atoms with E-state index < -0.39 is 23.3 Å². The van der Waals surface area contributed by atoms with Gasteiger partial charge in [0, 0.05) is 44.1 Å². The van der Waals surface area contributed by atoms with Gasteiger partial charge in [-0.2, -0.15) is 9.97 Å². The zero-order chi connectivity index (χ0) is 32.0. The number of hydrogen-bond donors (Lipinski definition) is 2. The molecule has 0 radical (unpaired) electrons. The molecule has 3 aromatic carbocycles. The van der Waals surface area contributed by atoms with Crippen LogP contribution in [0.3, 0.4) is 0 Å². The van der Waals surface area contributed by atoms with Gasteiger partial charge in [-0.15, -0.1) is 0 Å². The van der Waals surface area contributed by atoms with Gasteiger partial charge in [0.25, 0.3) is 0 Å². The molecule has 0 saturated carbocycles. The Morgan fingerprint density at radius 2 is 2.00 bits per heavy atom. The highest BCUT2D eigenvalue weighted by atomic mass is 19.1. The summed E-state index contributed by atoms with van der Waals surface area (Å²) in [6.45, 7) is 4.24. The van der Waals surface area contributed by atoms with E-state index in [4.69, 9.17) is 14.5 Å². The molecular formula is C36H38F3N5O3. The summed E-state index contributed by atoms with van der Waals surface area (Å²) in [6.07, 6.45) is 4.50. The normalized spacial score (nSPS) is 28.3. The Kier molecular flexibility index (Phi) is 6.77. The largest absolute Gasteiger partial charge is 0.508 e. The average Bonchev–Trinajstić information content (AvgIpc) is 3.72. The number of phenolic OH excluding ortho intramolecular Hbond substituents is 1. The number of alkyl halides is 1. The lowest BCUT2D eigenvalue weighted by atomic mass is 9.91. The lowest BCUT2D eigenvalue weighted by molar-refractivity contribution is 0.107. The zero-order valence-corrected chi connectivity index (χ0v) is 26.4. The third kappa shape index (κ3) is 4.49. The number of rotatable bonds is 5. The van der Waals surface area contributed by atoms with Crippen LogP contribution in [-0.2, 0) is 6.42 Å². The summed E-state index contributed by atoms with van der Waals surface area (Å²) >= 11 is 0. The minimum atomic E-state index is -0.922. The summed E-state index contributed by atoms with van der Waals surface area (Å²) in [6, 6.07) is 9.09. The average molecular weight is 646 g/mol. The maximum Gasteiger partial charge on any atom is 0.319 e. The molecule has 2 N–H and O–H groups in total. The van der Waals surface area contributed by atoms with Gasteiger partial charge < -0.3 is 24.8 Å². The van der Waals surface area contributed by atoms with Crippen molar-refractivity contribution >= 4 is 27.5 Å². The SMILES string of the molecule is CCc1cccc2cc(O)cc(-c3c(F)c4c5c(nc(OC[C@@]67CCCN6C[C@H](F)C7)nc5c3F)N3CC5CCC(N5)[C@@H]3CCO4)c12. The van der Waals surface area contributed by atoms with Crippen molar-refractivity contribution in [3.8, 4) is 28.6 Å². The number of phenols is 1. The number of ether oxygens (including phenoxy) is 2. The summed E-state index contributed by atoms with van der Waals surface area (Å²) in [4.78, 5) is 13.8. The number of hydrogen-bond acceptors (Lipinski definition) is 8. The fourth-order valence-electron chi connectivity index (χ4n) is 9.28. The second-order valence-corrected chi connectivity index (χ2v) is 14.0. The zero-order valence-electron chi connectivity index (χ0n) is 26.4. The minimum Gasteiger partial charge on any atom is -0.508 e. The maximum atomic E-state index is 17.2. The first kappa shape index (κ1) is 29.3. The fraction of sp³-hybridized carbons (Fsp3) is 0.500. The molecule has 2 bridgehead atoms. The number of aromatic nitrogens is 2. The highest BCUT2D eigenvalue weighted by Crippen LogP contribution is 2.48. The van der Waals surface area contributed by atoms with Crippen LogP contribution in [0.5, 0.6) is 17.5 Å². The number of aromatic hydroxyl groups is 1. The minimum absolute atomic E-state index is 0.0151. The van der Waals surface area contributed by atoms with E-state index in [2.05, 4.69) is 20.1 Å². The third-order valence-corrected chi connectivity index (χ3v) is 11.4. The number of anilines is 1. The molecular weight excluding hydrogens is 607 g/mol. The van der Waals surface area contributed by atoms with Crippen molar-refractivity contribution in [3.63, 3.8) is 0 Å². The van der Waals surface area contributed by atoms with Crippen LogP contribution in [0, 0.1) is 11.6 Å². The van der Waals surface area contributed by atoms with Crippen molar-refractivity contribution < 1.29 is 27.8 Å². The number of benzene rings is 3. The molecule has 5 atom stereocenters. The van der Waals surface area contributed by atoms with Crippen molar-refractivity contribution in [2.24, 2.45) is 0 Å². The number of piperazine rings is 1. The molecule has 4 aromatic rings. The first-order chi connectivity index (χ1) is 22.8. The first-order valence-electron chi connectivity index (χ1n) is 17.0. The summed E-state index contributed by atoms with van der Waals surface area (Å²) in [5.74, 6) is -1.50. The van der Waals surface area contributed by atoms with Crippen molar-refractivity contribution in [3.05, 3.63) is 47.5 Å². The van der Waals surface area contributed by atoms with Crippen molar-refractivity contribution in [1.29, 1.82) is 0 Å². The highest BCUT2D eigenvalue weighted by molar-refractivity contribution is 6.05. The maximum absolute atomic E-state index is 17.2. The number of nitrogens with one attached hydrogen (secondary N) is 1. The second-order valence-electron chi connectivity index (χ2n) is 14.0. The van der Waals surface area contributed by atoms with E-state index in [9.17, 15) is 9.50 Å². The Labute approximate surface area is 270 Å². The molecule has 47 heavy (non-hydrogen) atoms. The van der Waals surface area contributed by atoms with Gasteiger partial charge >= 0.3 is 6.01 Å². The first-order valence-corrected chi connectivity index (χ1v) is 17.0. The molecule has 0 aliphatic carbocycles. The van der Waals surface area contributed by atoms with Crippen LogP contribution >= 0.6 is 0 Å². The van der Waals surface area contributed by atoms with Gasteiger partial charge in [-0.05, 0) is 72.7 Å². The Hall–Kier alpha value is -3.83. The van der Waals surface area contributed by atoms with Crippen molar-refractivity contribution in [2.75, 3.05) is 37.7 Å². The van der Waals surface area contributed by atoms with Crippen LogP contribution in [0.2, 0.25) is 0 Å². The standard InChI is InChI=1S/C36H38F3N5O3/c1-2-19-5-3-6-20-13-23(45)14-24(27(19)20)28-30(38)32-29-33(31(28)39)46-12-9-26-25-8-7-22(40-25)17-44(26)34(29)42-35(41-32)47-18-36-10-4-11-43(36)16-21(37)15-36/h3,5-6,13-14,21-22,25-26,40,45H,2,4,7-12,15-18H2,1H3/t21-,22?,25?,26+,36+/m1/s1. The smallest absolute Gasteiger partial charge is 0.319 e. The predicted octanol–water partition coefficient (Wildman–Crippen LogP) is 6.04. The summed E-state index contributed by atoms with van der Waals surface area (Å²) in [5, 5.41) is 16.0. The Morgan fingerprint density at radius 3 is 2.87 bits per heavy atom. The van der Waals surface area contributed by atoms with Crippen LogP contribution in [-0.4, -0.2) is 82.7 Å². The lowest BCUT2D eigenvalue weighted by Gasteiger charge is -2.43. The van der Waals surface area contributed by atoms with Crippen LogP contribution < -0.4 is 19.7 Å². The van der Waals surface area contributed by atoms with Crippen LogP contribution in [0.25, 0.3) is 32.8 Å². The van der Waals surface area contributed by atoms with Crippen molar-refractivity contribution in [2.45, 2.75) is 81.7 Å². The predicted molar refractivity (Wildman–Crippen MR) is 173 cm³/mol. The van der Waals surface area contributed by atoms with Crippen LogP contribution in [0.4, 0.5) is 19.0 Å². The number of fused-ring (bicyclic) bond motifs is 7.